The summed E-state index contributed by atoms with van der Waals surface area (Å²) in [6, 6.07) is 52.6. The van der Waals surface area contributed by atoms with Crippen LogP contribution in [0, 0.1) is 0 Å². The molecule has 5 rings (SSSR count). The van der Waals surface area contributed by atoms with E-state index in [4.69, 9.17) is 4.43 Å². The summed E-state index contributed by atoms with van der Waals surface area (Å²) in [6.45, 7) is 7.12. The first-order chi connectivity index (χ1) is 21.4. The maximum absolute atomic E-state index is 9.75. The fraction of sp³-hybridized carbons (Fsp3) is 0.211. The third-order valence-electron chi connectivity index (χ3n) is 8.16. The molecule has 0 aromatic heterocycles. The number of azide groups is 1. The minimum atomic E-state index is -2.80. The van der Waals surface area contributed by atoms with E-state index in [2.05, 4.69) is 170 Å². The zero-order chi connectivity index (χ0) is 30.9. The molecule has 0 saturated heterocycles. The van der Waals surface area contributed by atoms with Gasteiger partial charge in [-0.3, -0.25) is 0 Å². The second kappa shape index (κ2) is 14.1. The summed E-state index contributed by atoms with van der Waals surface area (Å²) in [5.41, 5.74) is 13.3. The molecule has 5 aromatic carbocycles. The van der Waals surface area contributed by atoms with Crippen molar-refractivity contribution in [2.24, 2.45) is 5.11 Å². The molecule has 0 bridgehead atoms. The molecule has 0 aliphatic rings. The second-order valence-electron chi connectivity index (χ2n) is 11.9. The Balaban J connectivity index is 1.55. The number of benzene rings is 5. The van der Waals surface area contributed by atoms with Crippen molar-refractivity contribution in [2.45, 2.75) is 36.6 Å². The lowest BCUT2D eigenvalue weighted by atomic mass is 9.84. The lowest BCUT2D eigenvalue weighted by Gasteiger charge is -2.43. The van der Waals surface area contributed by atoms with Crippen LogP contribution in [0.4, 0.5) is 0 Å². The lowest BCUT2D eigenvalue weighted by molar-refractivity contribution is 0.280. The van der Waals surface area contributed by atoms with Crippen LogP contribution in [0.25, 0.3) is 10.4 Å². The van der Waals surface area contributed by atoms with E-state index in [0.717, 1.165) is 0 Å². The Morgan fingerprint density at radius 3 is 1.34 bits per heavy atom. The predicted octanol–water partition coefficient (Wildman–Crippen LogP) is 8.97. The van der Waals surface area contributed by atoms with Gasteiger partial charge in [0, 0.05) is 17.3 Å². The SMILES string of the molecule is CC(C)(C)[Si](OC[C@@H](CSC(c1ccccc1)(c1ccccc1)c1ccccc1)N=[N+]=[N-])(c1ccccc1)c1ccccc1. The molecule has 0 aliphatic carbocycles. The van der Waals surface area contributed by atoms with Gasteiger partial charge in [0.05, 0.1) is 10.8 Å². The highest BCUT2D eigenvalue weighted by Gasteiger charge is 2.50. The van der Waals surface area contributed by atoms with Crippen LogP contribution in [0.3, 0.4) is 0 Å². The molecule has 0 spiro atoms. The quantitative estimate of drug-likeness (QED) is 0.0464. The Kier molecular flexibility index (Phi) is 10.1. The van der Waals surface area contributed by atoms with E-state index < -0.39 is 13.1 Å². The van der Waals surface area contributed by atoms with Crippen molar-refractivity contribution in [1.29, 1.82) is 0 Å². The fourth-order valence-electron chi connectivity index (χ4n) is 6.16. The molecular formula is C38H39N3OSSi. The number of hydrogen-bond donors (Lipinski definition) is 0. The molecule has 5 aromatic rings. The molecule has 0 radical (unpaired) electrons. The molecule has 4 nitrogen and oxygen atoms in total. The molecule has 1 atom stereocenters. The van der Waals surface area contributed by atoms with Crippen LogP contribution in [0.5, 0.6) is 0 Å². The molecule has 0 amide bonds. The first-order valence-corrected chi connectivity index (χ1v) is 17.9. The summed E-state index contributed by atoms with van der Waals surface area (Å²) in [5.74, 6) is 0.570. The van der Waals surface area contributed by atoms with Gasteiger partial charge in [-0.25, -0.2) is 0 Å². The van der Waals surface area contributed by atoms with E-state index in [1.54, 1.807) is 11.8 Å². The van der Waals surface area contributed by atoms with Gasteiger partial charge in [-0.05, 0) is 37.6 Å². The highest BCUT2D eigenvalue weighted by Crippen LogP contribution is 2.49. The molecule has 0 N–H and O–H groups in total. The van der Waals surface area contributed by atoms with Crippen LogP contribution in [-0.2, 0) is 9.17 Å². The molecule has 6 heteroatoms. The molecule has 0 heterocycles. The standard InChI is InChI=1S/C38H39N3OSSi/c1-37(2,3)44(35-25-15-7-16-26-35,36-27-17-8-18-28-36)42-29-34(40-41-39)30-43-38(31-19-9-4-10-20-31,32-21-11-5-12-22-32)33-23-13-6-14-24-33/h4-28,34H,29-30H2,1-3H3/t34-/m0/s1. The maximum Gasteiger partial charge on any atom is 0.261 e. The zero-order valence-electron chi connectivity index (χ0n) is 25.6. The highest BCUT2D eigenvalue weighted by molar-refractivity contribution is 8.00. The van der Waals surface area contributed by atoms with Gasteiger partial charge in [0.15, 0.2) is 0 Å². The van der Waals surface area contributed by atoms with Crippen LogP contribution in [0.1, 0.15) is 37.5 Å². The third-order valence-corrected chi connectivity index (χ3v) is 14.9. The van der Waals surface area contributed by atoms with E-state index in [1.165, 1.54) is 27.1 Å². The van der Waals surface area contributed by atoms with Crippen molar-refractivity contribution in [3.8, 4) is 0 Å². The molecular weight excluding hydrogens is 575 g/mol. The second-order valence-corrected chi connectivity index (χ2v) is 17.5. The van der Waals surface area contributed by atoms with E-state index in [1.807, 2.05) is 12.1 Å². The molecule has 44 heavy (non-hydrogen) atoms. The van der Waals surface area contributed by atoms with Gasteiger partial charge in [0.2, 0.25) is 0 Å². The smallest absolute Gasteiger partial charge is 0.261 e. The van der Waals surface area contributed by atoms with Gasteiger partial charge in [-0.2, -0.15) is 0 Å². The molecule has 0 unspecified atom stereocenters. The zero-order valence-corrected chi connectivity index (χ0v) is 27.4. The first kappa shape index (κ1) is 31.4. The summed E-state index contributed by atoms with van der Waals surface area (Å²) in [4.78, 5) is 3.31. The van der Waals surface area contributed by atoms with Crippen LogP contribution >= 0.6 is 11.8 Å². The number of nitrogens with zero attached hydrogens (tertiary/aromatic N) is 3. The minimum Gasteiger partial charge on any atom is -0.407 e. The fourth-order valence-corrected chi connectivity index (χ4v) is 12.3. The minimum absolute atomic E-state index is 0.175. The Hall–Kier alpha value is -4.06. The Morgan fingerprint density at radius 1 is 0.636 bits per heavy atom. The summed E-state index contributed by atoms with van der Waals surface area (Å²) in [6.07, 6.45) is 0. The summed E-state index contributed by atoms with van der Waals surface area (Å²) in [5, 5.41) is 6.58. The van der Waals surface area contributed by atoms with Crippen LogP contribution in [-0.4, -0.2) is 26.7 Å². The third kappa shape index (κ3) is 6.40. The molecule has 222 valence electrons. The van der Waals surface area contributed by atoms with Gasteiger partial charge in [0.1, 0.15) is 0 Å². The molecule has 0 saturated carbocycles. The number of thioether (sulfide) groups is 1. The van der Waals surface area contributed by atoms with Crippen molar-refractivity contribution in [1.82, 2.24) is 0 Å². The summed E-state index contributed by atoms with van der Waals surface area (Å²) >= 11 is 1.80. The van der Waals surface area contributed by atoms with Crippen LogP contribution in [0.15, 0.2) is 157 Å². The van der Waals surface area contributed by atoms with Gasteiger partial charge in [-0.1, -0.05) is 178 Å². The van der Waals surface area contributed by atoms with Crippen molar-refractivity contribution in [2.75, 3.05) is 12.4 Å². The lowest BCUT2D eigenvalue weighted by Crippen LogP contribution is -2.67. The number of rotatable bonds is 12. The summed E-state index contributed by atoms with van der Waals surface area (Å²) < 4.78 is 6.71. The first-order valence-electron chi connectivity index (χ1n) is 15.0. The van der Waals surface area contributed by atoms with Crippen molar-refractivity contribution < 1.29 is 4.43 Å². The van der Waals surface area contributed by atoms with E-state index in [0.29, 0.717) is 12.4 Å². The predicted molar refractivity (Wildman–Crippen MR) is 188 cm³/mol. The van der Waals surface area contributed by atoms with Gasteiger partial charge in [-0.15, -0.1) is 11.8 Å². The van der Waals surface area contributed by atoms with E-state index >= 15 is 0 Å². The Labute approximate surface area is 266 Å². The maximum atomic E-state index is 9.75. The number of hydrogen-bond acceptors (Lipinski definition) is 3. The average Bonchev–Trinajstić information content (AvgIpc) is 3.07. The van der Waals surface area contributed by atoms with Crippen molar-refractivity contribution in [3.05, 3.63) is 179 Å². The van der Waals surface area contributed by atoms with Crippen molar-refractivity contribution >= 4 is 30.5 Å². The molecule has 0 aliphatic heterocycles. The largest absolute Gasteiger partial charge is 0.407 e. The van der Waals surface area contributed by atoms with E-state index in [9.17, 15) is 5.53 Å². The Morgan fingerprint density at radius 2 is 1.00 bits per heavy atom. The summed E-state index contributed by atoms with van der Waals surface area (Å²) in [7, 11) is -2.80. The highest BCUT2D eigenvalue weighted by atomic mass is 32.2. The van der Waals surface area contributed by atoms with Gasteiger partial charge < -0.3 is 4.43 Å². The van der Waals surface area contributed by atoms with Crippen LogP contribution < -0.4 is 10.4 Å². The average molecular weight is 614 g/mol. The monoisotopic (exact) mass is 613 g/mol. The van der Waals surface area contributed by atoms with Gasteiger partial charge in [0.25, 0.3) is 8.32 Å². The molecule has 0 fully saturated rings. The van der Waals surface area contributed by atoms with Crippen molar-refractivity contribution in [3.63, 3.8) is 0 Å². The van der Waals surface area contributed by atoms with Gasteiger partial charge >= 0.3 is 0 Å². The van der Waals surface area contributed by atoms with E-state index in [-0.39, 0.29) is 11.1 Å². The normalized spacial score (nSPS) is 12.7. The van der Waals surface area contributed by atoms with Crippen LogP contribution in [0.2, 0.25) is 5.04 Å². The Bertz CT molecular complexity index is 1500. The topological polar surface area (TPSA) is 58.0 Å².